The van der Waals surface area contributed by atoms with Crippen molar-refractivity contribution in [3.8, 4) is 5.75 Å². The van der Waals surface area contributed by atoms with Crippen molar-refractivity contribution in [2.75, 3.05) is 20.2 Å². The number of hydrogen-bond acceptors (Lipinski definition) is 4. The van der Waals surface area contributed by atoms with Crippen molar-refractivity contribution >= 4 is 11.8 Å². The molecule has 0 unspecified atom stereocenters. The predicted octanol–water partition coefficient (Wildman–Crippen LogP) is 2.95. The van der Waals surface area contributed by atoms with Crippen LogP contribution in [-0.2, 0) is 20.4 Å². The Hall–Kier alpha value is -2.89. The van der Waals surface area contributed by atoms with Crippen LogP contribution in [0, 0.1) is 0 Å². The molecule has 4 rings (SSSR count). The van der Waals surface area contributed by atoms with Gasteiger partial charge in [-0.05, 0) is 55.5 Å². The summed E-state index contributed by atoms with van der Waals surface area (Å²) in [6, 6.07) is 13.4. The molecule has 1 atom stereocenters. The lowest BCUT2D eigenvalue weighted by molar-refractivity contribution is -0.141. The number of benzene rings is 1. The van der Waals surface area contributed by atoms with Gasteiger partial charge in [0.05, 0.1) is 18.2 Å². The number of likely N-dealkylation sites (tertiary alicyclic amines) is 1. The fraction of sp³-hybridized carbons (Fsp3) is 0.458. The molecule has 0 spiro atoms. The molecule has 2 amide bonds. The topological polar surface area (TPSA) is 85.5 Å². The molecule has 2 aliphatic rings. The highest BCUT2D eigenvalue weighted by Crippen LogP contribution is 2.44. The summed E-state index contributed by atoms with van der Waals surface area (Å²) < 4.78 is 5.29. The van der Waals surface area contributed by atoms with Gasteiger partial charge in [-0.25, -0.2) is 0 Å². The normalized spacial score (nSPS) is 23.2. The van der Waals surface area contributed by atoms with E-state index >= 15 is 0 Å². The molecule has 1 aromatic heterocycles. The number of ether oxygens (including phenoxy) is 1. The number of primary amides is 1. The van der Waals surface area contributed by atoms with Crippen molar-refractivity contribution in [2.24, 2.45) is 5.73 Å². The van der Waals surface area contributed by atoms with Crippen LogP contribution in [0.2, 0.25) is 0 Å². The van der Waals surface area contributed by atoms with Gasteiger partial charge in [0.1, 0.15) is 11.2 Å². The highest BCUT2D eigenvalue weighted by molar-refractivity contribution is 5.91. The molecule has 0 radical (unpaired) electrons. The first-order valence-electron chi connectivity index (χ1n) is 10.7. The molecule has 1 aromatic carbocycles. The van der Waals surface area contributed by atoms with Crippen LogP contribution in [-0.4, -0.2) is 41.9 Å². The number of piperidine rings is 1. The van der Waals surface area contributed by atoms with Gasteiger partial charge in [-0.1, -0.05) is 31.0 Å². The van der Waals surface area contributed by atoms with Crippen LogP contribution in [0.25, 0.3) is 0 Å². The maximum atomic E-state index is 13.9. The molecular formula is C24H29N3O3. The average Bonchev–Trinajstić information content (AvgIpc) is 3.30. The van der Waals surface area contributed by atoms with E-state index in [4.69, 9.17) is 10.5 Å². The molecule has 1 aliphatic heterocycles. The number of nitrogens with two attached hydrogens (primary N) is 1. The minimum Gasteiger partial charge on any atom is -0.497 e. The lowest BCUT2D eigenvalue weighted by Crippen LogP contribution is -2.58. The largest absolute Gasteiger partial charge is 0.497 e. The monoisotopic (exact) mass is 407 g/mol. The van der Waals surface area contributed by atoms with E-state index in [9.17, 15) is 9.59 Å². The zero-order chi connectivity index (χ0) is 21.2. The van der Waals surface area contributed by atoms with Crippen molar-refractivity contribution in [1.82, 2.24) is 9.88 Å². The quantitative estimate of drug-likeness (QED) is 0.826. The highest BCUT2D eigenvalue weighted by atomic mass is 16.5. The van der Waals surface area contributed by atoms with Crippen LogP contribution in [0.5, 0.6) is 5.75 Å². The zero-order valence-electron chi connectivity index (χ0n) is 17.5. The van der Waals surface area contributed by atoms with Crippen molar-refractivity contribution in [3.05, 3.63) is 59.9 Å². The van der Waals surface area contributed by atoms with Gasteiger partial charge in [0.25, 0.3) is 0 Å². The predicted molar refractivity (Wildman–Crippen MR) is 114 cm³/mol. The Labute approximate surface area is 177 Å². The van der Waals surface area contributed by atoms with Crippen molar-refractivity contribution in [1.29, 1.82) is 0 Å². The fourth-order valence-corrected chi connectivity index (χ4v) is 5.23. The molecule has 6 heteroatoms. The summed E-state index contributed by atoms with van der Waals surface area (Å²) in [6.45, 7) is 0.925. The Morgan fingerprint density at radius 1 is 1.00 bits per heavy atom. The van der Waals surface area contributed by atoms with Gasteiger partial charge < -0.3 is 15.4 Å². The summed E-state index contributed by atoms with van der Waals surface area (Å²) in [6.07, 6.45) is 6.70. The van der Waals surface area contributed by atoms with E-state index in [0.717, 1.165) is 43.4 Å². The number of rotatable bonds is 5. The van der Waals surface area contributed by atoms with Gasteiger partial charge in [0, 0.05) is 19.3 Å². The van der Waals surface area contributed by atoms with Crippen LogP contribution < -0.4 is 10.5 Å². The first-order chi connectivity index (χ1) is 14.5. The second kappa shape index (κ2) is 8.09. The van der Waals surface area contributed by atoms with Crippen molar-refractivity contribution in [3.63, 3.8) is 0 Å². The second-order valence-corrected chi connectivity index (χ2v) is 8.51. The summed E-state index contributed by atoms with van der Waals surface area (Å²) >= 11 is 0. The van der Waals surface area contributed by atoms with Gasteiger partial charge in [0.15, 0.2) is 0 Å². The molecule has 2 fully saturated rings. The molecule has 1 saturated heterocycles. The van der Waals surface area contributed by atoms with Crippen LogP contribution in [0.1, 0.15) is 49.8 Å². The first-order valence-corrected chi connectivity index (χ1v) is 10.7. The minimum absolute atomic E-state index is 0.103. The second-order valence-electron chi connectivity index (χ2n) is 8.51. The van der Waals surface area contributed by atoms with E-state index in [1.807, 2.05) is 47.4 Å². The summed E-state index contributed by atoms with van der Waals surface area (Å²) in [4.78, 5) is 32.8. The minimum atomic E-state index is -0.936. The maximum absolute atomic E-state index is 13.9. The van der Waals surface area contributed by atoms with E-state index in [1.165, 1.54) is 0 Å². The van der Waals surface area contributed by atoms with Gasteiger partial charge >= 0.3 is 0 Å². The molecule has 158 valence electrons. The molecular weight excluding hydrogens is 378 g/mol. The van der Waals surface area contributed by atoms with Gasteiger partial charge in [-0.2, -0.15) is 0 Å². The number of carbonyl (C=O) groups excluding carboxylic acids is 2. The lowest BCUT2D eigenvalue weighted by atomic mass is 9.73. The van der Waals surface area contributed by atoms with Crippen LogP contribution in [0.4, 0.5) is 0 Å². The fourth-order valence-electron chi connectivity index (χ4n) is 5.23. The Bertz CT molecular complexity index is 907. The van der Waals surface area contributed by atoms with Crippen LogP contribution in [0.3, 0.4) is 0 Å². The highest BCUT2D eigenvalue weighted by Gasteiger charge is 2.50. The van der Waals surface area contributed by atoms with Crippen LogP contribution in [0.15, 0.2) is 48.7 Å². The smallest absolute Gasteiger partial charge is 0.233 e. The average molecular weight is 408 g/mol. The molecule has 1 aliphatic carbocycles. The molecule has 30 heavy (non-hydrogen) atoms. The van der Waals surface area contributed by atoms with E-state index in [0.29, 0.717) is 18.7 Å². The van der Waals surface area contributed by atoms with E-state index in [-0.39, 0.29) is 12.5 Å². The summed E-state index contributed by atoms with van der Waals surface area (Å²) in [7, 11) is 1.64. The molecule has 2 aromatic rings. The summed E-state index contributed by atoms with van der Waals surface area (Å²) in [5.41, 5.74) is 6.09. The van der Waals surface area contributed by atoms with Crippen molar-refractivity contribution in [2.45, 2.75) is 49.4 Å². The number of hydrogen-bond donors (Lipinski definition) is 1. The lowest BCUT2D eigenvalue weighted by Gasteiger charge is -2.43. The molecule has 2 N–H and O–H groups in total. The van der Waals surface area contributed by atoms with E-state index in [1.54, 1.807) is 13.3 Å². The number of pyridine rings is 1. The Kier molecular flexibility index (Phi) is 5.50. The number of amides is 2. The van der Waals surface area contributed by atoms with Crippen LogP contribution >= 0.6 is 0 Å². The van der Waals surface area contributed by atoms with E-state index in [2.05, 4.69) is 4.98 Å². The van der Waals surface area contributed by atoms with Crippen molar-refractivity contribution < 1.29 is 14.3 Å². The molecule has 1 saturated carbocycles. The summed E-state index contributed by atoms with van der Waals surface area (Å²) in [5.74, 6) is 0.468. The van der Waals surface area contributed by atoms with Gasteiger partial charge in [0.2, 0.25) is 11.8 Å². The number of carbonyl (C=O) groups is 2. The Morgan fingerprint density at radius 3 is 2.30 bits per heavy atom. The third-order valence-electron chi connectivity index (χ3n) is 6.92. The summed E-state index contributed by atoms with van der Waals surface area (Å²) in [5, 5.41) is 0. The molecule has 2 heterocycles. The van der Waals surface area contributed by atoms with Gasteiger partial charge in [-0.3, -0.25) is 14.6 Å². The standard InChI is InChI=1S/C24H29N3O3/c1-30-19-10-8-18(9-11-19)23(12-3-4-13-23)22(29)27-16-6-14-24(17-27,21(25)28)20-7-2-5-15-26-20/h2,5,7-11,15H,3-4,6,12-14,16-17H2,1H3,(H2,25,28)/t24-/m0/s1. The van der Waals surface area contributed by atoms with E-state index < -0.39 is 16.7 Å². The first kappa shape index (κ1) is 20.4. The number of methoxy groups -OCH3 is 1. The number of aromatic nitrogens is 1. The SMILES string of the molecule is COc1ccc(C2(C(=O)N3CCC[C@@](C(N)=O)(c4ccccn4)C3)CCCC2)cc1. The maximum Gasteiger partial charge on any atom is 0.233 e. The number of nitrogens with zero attached hydrogens (tertiary/aromatic N) is 2. The Morgan fingerprint density at radius 2 is 1.70 bits per heavy atom. The third-order valence-corrected chi connectivity index (χ3v) is 6.92. The third kappa shape index (κ3) is 3.34. The molecule has 0 bridgehead atoms. The zero-order valence-corrected chi connectivity index (χ0v) is 17.5. The van der Waals surface area contributed by atoms with Gasteiger partial charge in [-0.15, -0.1) is 0 Å². The Balaban J connectivity index is 1.67. The molecule has 6 nitrogen and oxygen atoms in total.